The Hall–Kier alpha value is -2.94. The van der Waals surface area contributed by atoms with Crippen LogP contribution in [-0.2, 0) is 0 Å². The van der Waals surface area contributed by atoms with Gasteiger partial charge in [-0.3, -0.25) is 0 Å². The van der Waals surface area contributed by atoms with Gasteiger partial charge in [0.15, 0.2) is 0 Å². The molecule has 4 aromatic rings. The Bertz CT molecular complexity index is 1000. The van der Waals surface area contributed by atoms with Crippen molar-refractivity contribution in [3.05, 3.63) is 65.7 Å². The van der Waals surface area contributed by atoms with Gasteiger partial charge in [0.25, 0.3) is 0 Å². The van der Waals surface area contributed by atoms with E-state index in [2.05, 4.69) is 0 Å². The molecular weight excluding hydrogens is 288 g/mol. The first-order chi connectivity index (χ1) is 11.1. The summed E-state index contributed by atoms with van der Waals surface area (Å²) in [5.74, 6) is 1.76. The number of hydrogen-bond acceptors (Lipinski definition) is 3. The Morgan fingerprint density at radius 2 is 1.57 bits per heavy atom. The molecule has 3 nitrogen and oxygen atoms in total. The highest BCUT2D eigenvalue weighted by Gasteiger charge is 2.13. The van der Waals surface area contributed by atoms with Crippen LogP contribution < -0.4 is 4.74 Å². The largest absolute Gasteiger partial charge is 0.507 e. The molecule has 0 saturated carbocycles. The Morgan fingerprint density at radius 1 is 0.870 bits per heavy atom. The Balaban J connectivity index is 1.89. The van der Waals surface area contributed by atoms with Crippen LogP contribution in [0.25, 0.3) is 21.9 Å². The first kappa shape index (κ1) is 13.7. The molecule has 0 unspecified atom stereocenters. The third-order valence-corrected chi connectivity index (χ3v) is 4.06. The monoisotopic (exact) mass is 304 g/mol. The van der Waals surface area contributed by atoms with E-state index in [1.807, 2.05) is 68.4 Å². The van der Waals surface area contributed by atoms with Crippen molar-refractivity contribution >= 4 is 21.9 Å². The lowest BCUT2D eigenvalue weighted by Crippen LogP contribution is -1.88. The molecule has 0 fully saturated rings. The molecule has 4 rings (SSSR count). The predicted octanol–water partition coefficient (Wildman–Crippen LogP) is 5.70. The van der Waals surface area contributed by atoms with Crippen LogP contribution in [0.2, 0.25) is 0 Å². The van der Waals surface area contributed by atoms with Crippen LogP contribution in [-0.4, -0.2) is 5.11 Å². The molecule has 0 amide bonds. The van der Waals surface area contributed by atoms with Gasteiger partial charge in [0.2, 0.25) is 0 Å². The zero-order valence-corrected chi connectivity index (χ0v) is 13.0. The molecule has 0 atom stereocenters. The maximum atomic E-state index is 9.91. The third kappa shape index (κ3) is 2.21. The first-order valence-electron chi connectivity index (χ1n) is 7.52. The predicted molar refractivity (Wildman–Crippen MR) is 91.4 cm³/mol. The molecule has 0 bridgehead atoms. The van der Waals surface area contributed by atoms with Crippen molar-refractivity contribution in [2.45, 2.75) is 13.8 Å². The van der Waals surface area contributed by atoms with Crippen LogP contribution in [0, 0.1) is 13.8 Å². The standard InChI is InChI=1S/C20H16O3/c1-12-10-14(11-13(2)20(12)21)22-17-8-5-9-18-19(17)15-6-3-4-7-16(15)23-18/h3-11,21H,1-2H3. The molecule has 3 aromatic carbocycles. The summed E-state index contributed by atoms with van der Waals surface area (Å²) < 4.78 is 12.0. The normalized spacial score (nSPS) is 11.2. The van der Waals surface area contributed by atoms with E-state index in [4.69, 9.17) is 9.15 Å². The van der Waals surface area contributed by atoms with E-state index >= 15 is 0 Å². The van der Waals surface area contributed by atoms with E-state index in [0.29, 0.717) is 11.5 Å². The number of para-hydroxylation sites is 1. The molecule has 23 heavy (non-hydrogen) atoms. The molecule has 0 radical (unpaired) electrons. The van der Waals surface area contributed by atoms with Crippen molar-refractivity contribution in [3.8, 4) is 17.2 Å². The van der Waals surface area contributed by atoms with Gasteiger partial charge in [-0.1, -0.05) is 24.3 Å². The minimum atomic E-state index is 0.310. The molecule has 0 aliphatic carbocycles. The van der Waals surface area contributed by atoms with Crippen LogP contribution in [0.4, 0.5) is 0 Å². The fourth-order valence-electron chi connectivity index (χ4n) is 2.93. The molecule has 0 aliphatic heterocycles. The molecule has 0 spiro atoms. The second-order valence-electron chi connectivity index (χ2n) is 5.74. The molecule has 1 aromatic heterocycles. The quantitative estimate of drug-likeness (QED) is 0.516. The number of aryl methyl sites for hydroxylation is 2. The number of phenols is 1. The molecule has 1 N–H and O–H groups in total. The highest BCUT2D eigenvalue weighted by Crippen LogP contribution is 2.38. The van der Waals surface area contributed by atoms with E-state index in [-0.39, 0.29) is 0 Å². The van der Waals surface area contributed by atoms with Gasteiger partial charge in [-0.15, -0.1) is 0 Å². The zero-order valence-electron chi connectivity index (χ0n) is 13.0. The first-order valence-corrected chi connectivity index (χ1v) is 7.52. The van der Waals surface area contributed by atoms with Gasteiger partial charge in [-0.25, -0.2) is 0 Å². The third-order valence-electron chi connectivity index (χ3n) is 4.06. The summed E-state index contributed by atoms with van der Waals surface area (Å²) in [5, 5.41) is 11.9. The molecule has 114 valence electrons. The maximum Gasteiger partial charge on any atom is 0.139 e. The average Bonchev–Trinajstić information content (AvgIpc) is 2.92. The number of aromatic hydroxyl groups is 1. The van der Waals surface area contributed by atoms with Gasteiger partial charge in [0.05, 0.1) is 5.39 Å². The number of furan rings is 1. The van der Waals surface area contributed by atoms with Gasteiger partial charge in [0.1, 0.15) is 28.4 Å². The van der Waals surface area contributed by atoms with Crippen LogP contribution in [0.1, 0.15) is 11.1 Å². The van der Waals surface area contributed by atoms with Crippen LogP contribution in [0.15, 0.2) is 59.0 Å². The lowest BCUT2D eigenvalue weighted by molar-refractivity contribution is 0.458. The SMILES string of the molecule is Cc1cc(Oc2cccc3oc4ccccc4c23)cc(C)c1O. The number of phenolic OH excluding ortho intramolecular Hbond substituents is 1. The summed E-state index contributed by atoms with van der Waals surface area (Å²) in [5.41, 5.74) is 3.24. The highest BCUT2D eigenvalue weighted by molar-refractivity contribution is 6.08. The number of benzene rings is 3. The average molecular weight is 304 g/mol. The maximum absolute atomic E-state index is 9.91. The Kier molecular flexibility index (Phi) is 3.01. The van der Waals surface area contributed by atoms with Gasteiger partial charge >= 0.3 is 0 Å². The van der Waals surface area contributed by atoms with Crippen LogP contribution in [0.5, 0.6) is 17.2 Å². The summed E-state index contributed by atoms with van der Waals surface area (Å²) in [4.78, 5) is 0. The summed E-state index contributed by atoms with van der Waals surface area (Å²) in [6, 6.07) is 17.4. The minimum absolute atomic E-state index is 0.310. The smallest absolute Gasteiger partial charge is 0.139 e. The highest BCUT2D eigenvalue weighted by atomic mass is 16.5. The van der Waals surface area contributed by atoms with Crippen molar-refractivity contribution in [2.75, 3.05) is 0 Å². The van der Waals surface area contributed by atoms with Crippen molar-refractivity contribution in [2.24, 2.45) is 0 Å². The number of rotatable bonds is 2. The molecule has 3 heteroatoms. The Labute approximate surface area is 133 Å². The summed E-state index contributed by atoms with van der Waals surface area (Å²) in [6.45, 7) is 3.73. The van der Waals surface area contributed by atoms with Gasteiger partial charge in [-0.2, -0.15) is 0 Å². The van der Waals surface area contributed by atoms with Crippen LogP contribution >= 0.6 is 0 Å². The molecular formula is C20H16O3. The fraction of sp³-hybridized carbons (Fsp3) is 0.100. The minimum Gasteiger partial charge on any atom is -0.507 e. The molecule has 1 heterocycles. The molecule has 0 aliphatic rings. The van der Waals surface area contributed by atoms with Crippen molar-refractivity contribution in [1.29, 1.82) is 0 Å². The van der Waals surface area contributed by atoms with Crippen LogP contribution in [0.3, 0.4) is 0 Å². The van der Waals surface area contributed by atoms with E-state index < -0.39 is 0 Å². The van der Waals surface area contributed by atoms with Gasteiger partial charge in [0, 0.05) is 5.39 Å². The van der Waals surface area contributed by atoms with E-state index in [1.54, 1.807) is 0 Å². The summed E-state index contributed by atoms with van der Waals surface area (Å²) in [7, 11) is 0. The summed E-state index contributed by atoms with van der Waals surface area (Å²) >= 11 is 0. The van der Waals surface area contributed by atoms with Crippen molar-refractivity contribution in [3.63, 3.8) is 0 Å². The topological polar surface area (TPSA) is 42.6 Å². The Morgan fingerprint density at radius 3 is 2.35 bits per heavy atom. The van der Waals surface area contributed by atoms with E-state index in [9.17, 15) is 5.11 Å². The number of fused-ring (bicyclic) bond motifs is 3. The lowest BCUT2D eigenvalue weighted by atomic mass is 10.1. The van der Waals surface area contributed by atoms with Gasteiger partial charge in [-0.05, 0) is 55.3 Å². The zero-order chi connectivity index (χ0) is 16.0. The van der Waals surface area contributed by atoms with Gasteiger partial charge < -0.3 is 14.3 Å². The number of hydrogen-bond donors (Lipinski definition) is 1. The lowest BCUT2D eigenvalue weighted by Gasteiger charge is -2.10. The van der Waals surface area contributed by atoms with E-state index in [1.165, 1.54) is 0 Å². The van der Waals surface area contributed by atoms with Crippen molar-refractivity contribution in [1.82, 2.24) is 0 Å². The van der Waals surface area contributed by atoms with E-state index in [0.717, 1.165) is 38.8 Å². The second kappa shape index (κ2) is 5.06. The molecule has 0 saturated heterocycles. The fourth-order valence-corrected chi connectivity index (χ4v) is 2.93. The second-order valence-corrected chi connectivity index (χ2v) is 5.74. The number of ether oxygens (including phenoxy) is 1. The van der Waals surface area contributed by atoms with Crippen molar-refractivity contribution < 1.29 is 14.3 Å². The summed E-state index contributed by atoms with van der Waals surface area (Å²) in [6.07, 6.45) is 0.